The Kier molecular flexibility index (Phi) is 5.30. The molecule has 0 spiro atoms. The molecule has 1 rings (SSSR count). The summed E-state index contributed by atoms with van der Waals surface area (Å²) >= 11 is 0. The van der Waals surface area contributed by atoms with E-state index in [9.17, 15) is 12.6 Å². The van der Waals surface area contributed by atoms with Crippen LogP contribution in [0.3, 0.4) is 0 Å². The molecule has 3 N–H and O–H groups in total. The Hall–Kier alpha value is -0.920. The van der Waals surface area contributed by atoms with Gasteiger partial charge < -0.3 is 5.73 Å². The second kappa shape index (κ2) is 6.31. The predicted octanol–water partition coefficient (Wildman–Crippen LogP) is 0.624. The number of nitrogens with one attached hydrogen (secondary N) is 1. The van der Waals surface area contributed by atoms with Crippen molar-refractivity contribution in [2.75, 3.05) is 24.3 Å². The minimum atomic E-state index is -3.53. The van der Waals surface area contributed by atoms with E-state index in [1.807, 2.05) is 6.92 Å². The fourth-order valence-electron chi connectivity index (χ4n) is 1.35. The van der Waals surface area contributed by atoms with Gasteiger partial charge in [0.2, 0.25) is 10.0 Å². The zero-order valence-electron chi connectivity index (χ0n) is 10.5. The summed E-state index contributed by atoms with van der Waals surface area (Å²) in [7, 11) is -4.43. The summed E-state index contributed by atoms with van der Waals surface area (Å²) in [5, 5.41) is 0. The number of hydrogen-bond acceptors (Lipinski definition) is 4. The summed E-state index contributed by atoms with van der Waals surface area (Å²) in [6.07, 6.45) is 2.14. The lowest BCUT2D eigenvalue weighted by Crippen LogP contribution is -2.25. The van der Waals surface area contributed by atoms with Crippen molar-refractivity contribution in [2.45, 2.75) is 18.2 Å². The van der Waals surface area contributed by atoms with Crippen LogP contribution >= 0.6 is 0 Å². The minimum Gasteiger partial charge on any atom is -0.398 e. The van der Waals surface area contributed by atoms with Gasteiger partial charge in [0.05, 0.1) is 4.90 Å². The Labute approximate surface area is 110 Å². The second-order valence-corrected chi connectivity index (χ2v) is 7.37. The molecule has 7 heteroatoms. The first-order valence-electron chi connectivity index (χ1n) is 5.49. The molecule has 0 heterocycles. The highest BCUT2D eigenvalue weighted by Crippen LogP contribution is 2.16. The number of sulfonamides is 1. The van der Waals surface area contributed by atoms with E-state index in [0.29, 0.717) is 17.9 Å². The van der Waals surface area contributed by atoms with Gasteiger partial charge in [-0.15, -0.1) is 0 Å². The lowest BCUT2D eigenvalue weighted by atomic mass is 10.2. The van der Waals surface area contributed by atoms with E-state index >= 15 is 0 Å². The van der Waals surface area contributed by atoms with E-state index in [1.54, 1.807) is 12.3 Å². The largest absolute Gasteiger partial charge is 0.398 e. The maximum atomic E-state index is 11.9. The van der Waals surface area contributed by atoms with E-state index in [1.165, 1.54) is 12.1 Å². The number of hydrogen-bond donors (Lipinski definition) is 2. The van der Waals surface area contributed by atoms with Gasteiger partial charge in [-0.2, -0.15) is 0 Å². The lowest BCUT2D eigenvalue weighted by Gasteiger charge is -2.08. The first-order chi connectivity index (χ1) is 8.33. The zero-order valence-corrected chi connectivity index (χ0v) is 12.1. The molecule has 0 aliphatic carbocycles. The summed E-state index contributed by atoms with van der Waals surface area (Å²) in [6, 6.07) is 4.63. The first-order valence-corrected chi connectivity index (χ1v) is 8.70. The molecule has 0 saturated carbocycles. The molecule has 1 aromatic carbocycles. The highest BCUT2D eigenvalue weighted by Gasteiger charge is 2.13. The quantitative estimate of drug-likeness (QED) is 0.594. The van der Waals surface area contributed by atoms with E-state index in [2.05, 4.69) is 4.72 Å². The molecular weight excluding hydrogens is 272 g/mol. The summed E-state index contributed by atoms with van der Waals surface area (Å²) in [5.74, 6) is 0.485. The van der Waals surface area contributed by atoms with E-state index in [0.717, 1.165) is 5.56 Å². The van der Waals surface area contributed by atoms with Crippen LogP contribution in [0, 0.1) is 6.92 Å². The van der Waals surface area contributed by atoms with Gasteiger partial charge in [-0.3, -0.25) is 4.21 Å². The summed E-state index contributed by atoms with van der Waals surface area (Å²) in [5.41, 5.74) is 6.97. The SMILES string of the molecule is Cc1ccc(S(=O)(=O)NCCCS(C)=O)cc1N. The van der Waals surface area contributed by atoms with Gasteiger partial charge in [0.15, 0.2) is 0 Å². The maximum absolute atomic E-state index is 11.9. The third kappa shape index (κ3) is 4.40. The Balaban J connectivity index is 2.68. The molecule has 0 saturated heterocycles. The molecule has 1 atom stereocenters. The van der Waals surface area contributed by atoms with E-state index < -0.39 is 20.8 Å². The summed E-state index contributed by atoms with van der Waals surface area (Å²) in [4.78, 5) is 0.156. The van der Waals surface area contributed by atoms with Crippen LogP contribution in [0.15, 0.2) is 23.1 Å². The molecule has 0 amide bonds. The standard InChI is InChI=1S/C11H18N2O3S2/c1-9-4-5-10(8-11(9)12)18(15,16)13-6-3-7-17(2)14/h4-5,8,13H,3,6-7,12H2,1-2H3. The number of nitrogens with two attached hydrogens (primary N) is 1. The molecule has 0 bridgehead atoms. The molecule has 0 aromatic heterocycles. The summed E-state index contributed by atoms with van der Waals surface area (Å²) < 4.78 is 37.1. The van der Waals surface area contributed by atoms with Gasteiger partial charge in [0, 0.05) is 35.0 Å². The Morgan fingerprint density at radius 2 is 2.06 bits per heavy atom. The van der Waals surface area contributed by atoms with Gasteiger partial charge in [-0.05, 0) is 31.0 Å². The van der Waals surface area contributed by atoms with Crippen molar-refractivity contribution < 1.29 is 12.6 Å². The Bertz CT molecular complexity index is 541. The highest BCUT2D eigenvalue weighted by atomic mass is 32.2. The first kappa shape index (κ1) is 15.1. The normalized spacial score (nSPS) is 13.4. The smallest absolute Gasteiger partial charge is 0.240 e. The molecule has 0 aliphatic heterocycles. The molecule has 1 unspecified atom stereocenters. The fraction of sp³-hybridized carbons (Fsp3) is 0.455. The topological polar surface area (TPSA) is 89.3 Å². The summed E-state index contributed by atoms with van der Waals surface area (Å²) in [6.45, 7) is 2.09. The van der Waals surface area contributed by atoms with Crippen molar-refractivity contribution in [3.05, 3.63) is 23.8 Å². The molecule has 102 valence electrons. The van der Waals surface area contributed by atoms with Crippen molar-refractivity contribution >= 4 is 26.5 Å². The van der Waals surface area contributed by atoms with Crippen LogP contribution in [0.5, 0.6) is 0 Å². The van der Waals surface area contributed by atoms with Gasteiger partial charge in [0.1, 0.15) is 0 Å². The molecule has 1 aromatic rings. The molecule has 0 radical (unpaired) electrons. The lowest BCUT2D eigenvalue weighted by molar-refractivity contribution is 0.580. The van der Waals surface area contributed by atoms with E-state index in [-0.39, 0.29) is 11.4 Å². The van der Waals surface area contributed by atoms with Crippen molar-refractivity contribution in [2.24, 2.45) is 0 Å². The number of anilines is 1. The number of benzene rings is 1. The van der Waals surface area contributed by atoms with Crippen LogP contribution in [0.4, 0.5) is 5.69 Å². The fourth-order valence-corrected chi connectivity index (χ4v) is 3.01. The average molecular weight is 290 g/mol. The van der Waals surface area contributed by atoms with Gasteiger partial charge in [-0.1, -0.05) is 6.07 Å². The molecule has 0 aliphatic rings. The van der Waals surface area contributed by atoms with Crippen LogP contribution in [-0.4, -0.2) is 31.2 Å². The molecule has 18 heavy (non-hydrogen) atoms. The second-order valence-electron chi connectivity index (χ2n) is 4.05. The zero-order chi connectivity index (χ0) is 13.8. The third-order valence-electron chi connectivity index (χ3n) is 2.46. The maximum Gasteiger partial charge on any atom is 0.240 e. The van der Waals surface area contributed by atoms with Crippen LogP contribution in [0.1, 0.15) is 12.0 Å². The van der Waals surface area contributed by atoms with Crippen molar-refractivity contribution in [1.29, 1.82) is 0 Å². The van der Waals surface area contributed by atoms with Gasteiger partial charge >= 0.3 is 0 Å². The monoisotopic (exact) mass is 290 g/mol. The predicted molar refractivity (Wildman–Crippen MR) is 74.3 cm³/mol. The van der Waals surface area contributed by atoms with E-state index in [4.69, 9.17) is 5.73 Å². The van der Waals surface area contributed by atoms with Crippen molar-refractivity contribution in [3.63, 3.8) is 0 Å². The number of aryl methyl sites for hydroxylation is 1. The van der Waals surface area contributed by atoms with Crippen LogP contribution in [0.2, 0.25) is 0 Å². The molecule has 5 nitrogen and oxygen atoms in total. The van der Waals surface area contributed by atoms with Gasteiger partial charge in [0.25, 0.3) is 0 Å². The molecular formula is C11H18N2O3S2. The highest BCUT2D eigenvalue weighted by molar-refractivity contribution is 7.89. The van der Waals surface area contributed by atoms with Crippen LogP contribution in [0.25, 0.3) is 0 Å². The minimum absolute atomic E-state index is 0.156. The van der Waals surface area contributed by atoms with Crippen molar-refractivity contribution in [1.82, 2.24) is 4.72 Å². The number of nitrogen functional groups attached to an aromatic ring is 1. The third-order valence-corrected chi connectivity index (χ3v) is 4.78. The molecule has 0 fully saturated rings. The van der Waals surface area contributed by atoms with Gasteiger partial charge in [-0.25, -0.2) is 13.1 Å². The van der Waals surface area contributed by atoms with Crippen LogP contribution in [-0.2, 0) is 20.8 Å². The Morgan fingerprint density at radius 3 is 2.61 bits per heavy atom. The van der Waals surface area contributed by atoms with Crippen LogP contribution < -0.4 is 10.5 Å². The van der Waals surface area contributed by atoms with Crippen molar-refractivity contribution in [3.8, 4) is 0 Å². The Morgan fingerprint density at radius 1 is 1.39 bits per heavy atom. The average Bonchev–Trinajstić information content (AvgIpc) is 2.28. The number of rotatable bonds is 6.